The summed E-state index contributed by atoms with van der Waals surface area (Å²) in [6, 6.07) is 21.6. The van der Waals surface area contributed by atoms with Crippen molar-refractivity contribution in [3.05, 3.63) is 60.7 Å². The molecule has 1 aliphatic carbocycles. The molecule has 0 radical (unpaired) electrons. The zero-order valence-corrected chi connectivity index (χ0v) is 21.1. The smallest absolute Gasteiger partial charge is 0.261 e. The average Bonchev–Trinajstić information content (AvgIpc) is 3.28. The van der Waals surface area contributed by atoms with Gasteiger partial charge in [0.15, 0.2) is 12.1 Å². The van der Waals surface area contributed by atoms with Gasteiger partial charge in [0, 0.05) is 0 Å². The lowest BCUT2D eigenvalue weighted by molar-refractivity contribution is -0.221. The van der Waals surface area contributed by atoms with Gasteiger partial charge in [-0.05, 0) is 41.6 Å². The minimum atomic E-state index is -2.73. The van der Waals surface area contributed by atoms with Gasteiger partial charge in [-0.25, -0.2) is 0 Å². The fourth-order valence-corrected chi connectivity index (χ4v) is 10.7. The van der Waals surface area contributed by atoms with E-state index in [0.717, 1.165) is 12.8 Å². The van der Waals surface area contributed by atoms with Crippen LogP contribution in [0.1, 0.15) is 54.4 Å². The molecule has 2 aliphatic heterocycles. The Bertz CT molecular complexity index is 915. The number of benzene rings is 2. The number of ether oxygens (including phenoxy) is 3. The summed E-state index contributed by atoms with van der Waals surface area (Å²) in [4.78, 5) is 0. The van der Waals surface area contributed by atoms with Gasteiger partial charge in [-0.1, -0.05) is 94.8 Å². The summed E-state index contributed by atoms with van der Waals surface area (Å²) in [5.41, 5.74) is -0.312. The average molecular weight is 453 g/mol. The summed E-state index contributed by atoms with van der Waals surface area (Å²) in [5.74, 6) is -0.188. The van der Waals surface area contributed by atoms with Crippen molar-refractivity contribution >= 4 is 18.7 Å². The van der Waals surface area contributed by atoms with Crippen molar-refractivity contribution in [2.75, 3.05) is 0 Å². The van der Waals surface area contributed by atoms with Gasteiger partial charge in [0.25, 0.3) is 8.32 Å². The molecule has 5 rings (SSSR count). The molecule has 2 aromatic carbocycles. The first kappa shape index (κ1) is 22.3. The third kappa shape index (κ3) is 3.33. The van der Waals surface area contributed by atoms with E-state index in [1.54, 1.807) is 0 Å². The maximum atomic E-state index is 7.56. The van der Waals surface area contributed by atoms with Crippen LogP contribution in [0.2, 0.25) is 5.04 Å². The monoisotopic (exact) mass is 452 g/mol. The van der Waals surface area contributed by atoms with Gasteiger partial charge in [0.05, 0.1) is 0 Å². The van der Waals surface area contributed by atoms with Gasteiger partial charge in [-0.15, -0.1) is 0 Å². The van der Waals surface area contributed by atoms with Crippen LogP contribution in [-0.4, -0.2) is 38.2 Å². The molecule has 0 N–H and O–H groups in total. The van der Waals surface area contributed by atoms with Gasteiger partial charge in [0.1, 0.15) is 17.8 Å². The first-order valence-electron chi connectivity index (χ1n) is 12.0. The van der Waals surface area contributed by atoms with Crippen molar-refractivity contribution in [3.8, 4) is 0 Å². The van der Waals surface area contributed by atoms with Crippen LogP contribution in [0.4, 0.5) is 0 Å². The van der Waals surface area contributed by atoms with E-state index in [0.29, 0.717) is 5.92 Å². The second kappa shape index (κ2) is 7.50. The lowest BCUT2D eigenvalue weighted by Crippen LogP contribution is -2.69. The predicted octanol–water partition coefficient (Wildman–Crippen LogP) is 4.61. The Morgan fingerprint density at radius 2 is 1.47 bits per heavy atom. The second-order valence-electron chi connectivity index (χ2n) is 11.1. The first-order chi connectivity index (χ1) is 15.1. The van der Waals surface area contributed by atoms with Gasteiger partial charge < -0.3 is 18.6 Å². The lowest BCUT2D eigenvalue weighted by Gasteiger charge is -2.46. The molecule has 1 spiro atoms. The zero-order chi connectivity index (χ0) is 22.8. The van der Waals surface area contributed by atoms with E-state index in [2.05, 4.69) is 88.4 Å². The summed E-state index contributed by atoms with van der Waals surface area (Å²) in [5, 5.41) is 2.47. The van der Waals surface area contributed by atoms with Crippen LogP contribution in [-0.2, 0) is 18.6 Å². The molecule has 3 fully saturated rings. The van der Waals surface area contributed by atoms with Crippen molar-refractivity contribution in [3.63, 3.8) is 0 Å². The van der Waals surface area contributed by atoms with Crippen LogP contribution in [0.25, 0.3) is 0 Å². The molecule has 2 saturated heterocycles. The highest BCUT2D eigenvalue weighted by Crippen LogP contribution is 2.61. The van der Waals surface area contributed by atoms with Gasteiger partial charge in [-0.2, -0.15) is 0 Å². The Kier molecular flexibility index (Phi) is 5.23. The van der Waals surface area contributed by atoms with Crippen LogP contribution >= 0.6 is 0 Å². The van der Waals surface area contributed by atoms with E-state index in [-0.39, 0.29) is 29.1 Å². The Morgan fingerprint density at radius 1 is 0.906 bits per heavy atom. The number of fused-ring (bicyclic) bond motifs is 1. The van der Waals surface area contributed by atoms with E-state index in [1.165, 1.54) is 10.4 Å². The first-order valence-corrected chi connectivity index (χ1v) is 13.9. The molecule has 172 valence electrons. The third-order valence-corrected chi connectivity index (χ3v) is 12.5. The Morgan fingerprint density at radius 3 is 1.94 bits per heavy atom. The van der Waals surface area contributed by atoms with Gasteiger partial charge >= 0.3 is 0 Å². The number of hydrogen-bond acceptors (Lipinski definition) is 4. The molecule has 32 heavy (non-hydrogen) atoms. The fraction of sp³-hybridized carbons (Fsp3) is 0.556. The molecule has 2 aromatic rings. The summed E-state index contributed by atoms with van der Waals surface area (Å²) in [6.07, 6.45) is 1.33. The van der Waals surface area contributed by atoms with Crippen LogP contribution in [0, 0.1) is 5.92 Å². The number of hydrogen-bond donors (Lipinski definition) is 0. The third-order valence-electron chi connectivity index (χ3n) is 7.51. The number of rotatable bonds is 5. The molecule has 2 heterocycles. The Balaban J connectivity index is 1.66. The van der Waals surface area contributed by atoms with Crippen LogP contribution < -0.4 is 10.4 Å². The molecular formula is C27H36O4Si. The van der Waals surface area contributed by atoms with Crippen molar-refractivity contribution < 1.29 is 18.6 Å². The van der Waals surface area contributed by atoms with E-state index >= 15 is 0 Å². The summed E-state index contributed by atoms with van der Waals surface area (Å²) >= 11 is 0. The highest BCUT2D eigenvalue weighted by Gasteiger charge is 2.73. The molecule has 3 aliphatic rings. The van der Waals surface area contributed by atoms with Crippen molar-refractivity contribution in [2.45, 2.75) is 89.3 Å². The minimum absolute atomic E-state index is 0.0967. The van der Waals surface area contributed by atoms with Crippen LogP contribution in [0.5, 0.6) is 0 Å². The SMILES string of the molecule is CC[C@@H]1C[C@]12O[C@@H]1OC(C)(C)OC1[C@H]2O[Si](c1ccccc1)(c1ccccc1)C(C)(C)C. The summed E-state index contributed by atoms with van der Waals surface area (Å²) < 4.78 is 26.8. The van der Waals surface area contributed by atoms with Crippen molar-refractivity contribution in [1.82, 2.24) is 0 Å². The predicted molar refractivity (Wildman–Crippen MR) is 129 cm³/mol. The lowest BCUT2D eigenvalue weighted by atomic mass is 10.1. The molecule has 5 heteroatoms. The van der Waals surface area contributed by atoms with Gasteiger partial charge in [-0.3, -0.25) is 0 Å². The van der Waals surface area contributed by atoms with Gasteiger partial charge in [0.2, 0.25) is 0 Å². The quantitative estimate of drug-likeness (QED) is 0.621. The largest absolute Gasteiger partial charge is 0.399 e. The van der Waals surface area contributed by atoms with E-state index in [4.69, 9.17) is 18.6 Å². The topological polar surface area (TPSA) is 36.9 Å². The molecule has 4 nitrogen and oxygen atoms in total. The minimum Gasteiger partial charge on any atom is -0.399 e. The second-order valence-corrected chi connectivity index (χ2v) is 15.3. The Hall–Kier alpha value is -1.50. The van der Waals surface area contributed by atoms with Crippen molar-refractivity contribution in [2.24, 2.45) is 5.92 Å². The van der Waals surface area contributed by atoms with Crippen molar-refractivity contribution in [1.29, 1.82) is 0 Å². The maximum Gasteiger partial charge on any atom is 0.261 e. The molecule has 5 atom stereocenters. The highest BCUT2D eigenvalue weighted by atomic mass is 28.4. The normalized spacial score (nSPS) is 33.4. The highest BCUT2D eigenvalue weighted by molar-refractivity contribution is 6.99. The van der Waals surface area contributed by atoms with E-state index in [1.807, 2.05) is 13.8 Å². The molecule has 1 saturated carbocycles. The van der Waals surface area contributed by atoms with Crippen LogP contribution in [0.15, 0.2) is 60.7 Å². The maximum absolute atomic E-state index is 7.56. The molecule has 0 amide bonds. The van der Waals surface area contributed by atoms with E-state index < -0.39 is 14.1 Å². The molecule has 1 unspecified atom stereocenters. The molecular weight excluding hydrogens is 416 g/mol. The standard InChI is InChI=1S/C27H36O4Si/c1-7-19-18-27(19)23(22-24(30-27)29-26(5,6)28-22)31-32(25(2,3)4,20-14-10-8-11-15-20)21-16-12-9-13-17-21/h8-17,19,22-24H,7,18H2,1-6H3/t19-,22?,23-,24+,27+/m1/s1. The van der Waals surface area contributed by atoms with Crippen LogP contribution in [0.3, 0.4) is 0 Å². The fourth-order valence-electron chi connectivity index (χ4n) is 5.97. The molecule has 0 bridgehead atoms. The zero-order valence-electron chi connectivity index (χ0n) is 20.1. The Labute approximate surface area is 193 Å². The molecule has 0 aromatic heterocycles. The summed E-state index contributed by atoms with van der Waals surface area (Å²) in [6.45, 7) is 13.1. The van der Waals surface area contributed by atoms with E-state index in [9.17, 15) is 0 Å². The summed E-state index contributed by atoms with van der Waals surface area (Å²) in [7, 11) is -2.73.